The molecule has 0 radical (unpaired) electrons. The Morgan fingerprint density at radius 2 is 2.11 bits per heavy atom. The average molecular weight is 257 g/mol. The van der Waals surface area contributed by atoms with Gasteiger partial charge in [0.25, 0.3) is 5.91 Å². The summed E-state index contributed by atoms with van der Waals surface area (Å²) in [6, 6.07) is -0.471. The van der Waals surface area contributed by atoms with E-state index < -0.39 is 12.1 Å². The zero-order valence-electron chi connectivity index (χ0n) is 10.6. The van der Waals surface area contributed by atoms with Gasteiger partial charge in [-0.1, -0.05) is 0 Å². The molecule has 0 aromatic carbocycles. The predicted molar refractivity (Wildman–Crippen MR) is 61.9 cm³/mol. The first kappa shape index (κ1) is 13.3. The van der Waals surface area contributed by atoms with E-state index in [-0.39, 0.29) is 18.5 Å². The molecule has 2 aliphatic rings. The summed E-state index contributed by atoms with van der Waals surface area (Å²) in [5, 5.41) is 0. The topological polar surface area (TPSA) is 65.1 Å². The molecule has 0 aromatic heterocycles. The fourth-order valence-corrected chi connectivity index (χ4v) is 2.39. The van der Waals surface area contributed by atoms with Crippen molar-refractivity contribution in [3.63, 3.8) is 0 Å². The number of hydrogen-bond acceptors (Lipinski definition) is 5. The Morgan fingerprint density at radius 1 is 1.28 bits per heavy atom. The highest BCUT2D eigenvalue weighted by Crippen LogP contribution is 2.20. The van der Waals surface area contributed by atoms with Gasteiger partial charge in [-0.3, -0.25) is 4.79 Å². The van der Waals surface area contributed by atoms with Crippen LogP contribution in [-0.4, -0.2) is 62.4 Å². The Hall–Kier alpha value is -1.14. The van der Waals surface area contributed by atoms with Gasteiger partial charge in [0.15, 0.2) is 6.10 Å². The normalized spacial score (nSPS) is 28.8. The van der Waals surface area contributed by atoms with Crippen molar-refractivity contribution >= 4 is 11.9 Å². The highest BCUT2D eigenvalue weighted by molar-refractivity contribution is 5.87. The summed E-state index contributed by atoms with van der Waals surface area (Å²) in [6.45, 7) is 1.79. The molecular weight excluding hydrogens is 238 g/mol. The maximum atomic E-state index is 12.3. The number of likely N-dealkylation sites (tertiary alicyclic amines) is 1. The molecule has 1 amide bonds. The molecule has 102 valence electrons. The van der Waals surface area contributed by atoms with E-state index in [0.29, 0.717) is 26.2 Å². The molecule has 2 heterocycles. The number of piperidine rings is 1. The van der Waals surface area contributed by atoms with E-state index in [1.807, 2.05) is 0 Å². The molecule has 2 rings (SSSR count). The minimum Gasteiger partial charge on any atom is -0.467 e. The number of ether oxygens (including phenoxy) is 3. The van der Waals surface area contributed by atoms with Crippen molar-refractivity contribution in [1.82, 2.24) is 4.90 Å². The van der Waals surface area contributed by atoms with Crippen molar-refractivity contribution in [2.24, 2.45) is 0 Å². The summed E-state index contributed by atoms with van der Waals surface area (Å²) in [4.78, 5) is 25.6. The van der Waals surface area contributed by atoms with Crippen LogP contribution in [0.15, 0.2) is 0 Å². The van der Waals surface area contributed by atoms with Crippen LogP contribution in [0.2, 0.25) is 0 Å². The molecule has 2 atom stereocenters. The number of hydrogen-bond donors (Lipinski definition) is 0. The van der Waals surface area contributed by atoms with Gasteiger partial charge in [0, 0.05) is 6.54 Å². The molecule has 6 nitrogen and oxygen atoms in total. The van der Waals surface area contributed by atoms with Gasteiger partial charge >= 0.3 is 5.97 Å². The van der Waals surface area contributed by atoms with Crippen molar-refractivity contribution in [3.05, 3.63) is 0 Å². The Bertz CT molecular complexity index is 314. The summed E-state index contributed by atoms with van der Waals surface area (Å²) in [5.41, 5.74) is 0. The third-order valence-electron chi connectivity index (χ3n) is 3.35. The van der Waals surface area contributed by atoms with Gasteiger partial charge in [-0.25, -0.2) is 4.79 Å². The lowest BCUT2D eigenvalue weighted by atomic mass is 10.0. The van der Waals surface area contributed by atoms with Crippen LogP contribution in [0.3, 0.4) is 0 Å². The van der Waals surface area contributed by atoms with Gasteiger partial charge in [-0.05, 0) is 19.3 Å². The smallest absolute Gasteiger partial charge is 0.328 e. The number of amides is 1. The second kappa shape index (κ2) is 6.15. The summed E-state index contributed by atoms with van der Waals surface area (Å²) < 4.78 is 15.4. The molecule has 2 fully saturated rings. The number of nitrogens with zero attached hydrogens (tertiary/aromatic N) is 1. The molecule has 0 aromatic rings. The number of carbonyl (C=O) groups is 2. The highest BCUT2D eigenvalue weighted by atomic mass is 16.6. The monoisotopic (exact) mass is 257 g/mol. The fourth-order valence-electron chi connectivity index (χ4n) is 2.39. The standard InChI is InChI=1S/C12H19NO5/c1-16-12(15)9-4-2-3-5-13(9)11(14)10-8-17-6-7-18-10/h9-10H,2-8H2,1H3/t9-,10?/m1/s1. The molecule has 2 saturated heterocycles. The van der Waals surface area contributed by atoms with E-state index in [2.05, 4.69) is 0 Å². The van der Waals surface area contributed by atoms with Gasteiger partial charge in [0.1, 0.15) is 6.04 Å². The Kier molecular flexibility index (Phi) is 4.54. The summed E-state index contributed by atoms with van der Waals surface area (Å²) in [5.74, 6) is -0.510. The summed E-state index contributed by atoms with van der Waals surface area (Å²) >= 11 is 0. The molecule has 0 spiro atoms. The van der Waals surface area contributed by atoms with Gasteiger partial charge in [-0.2, -0.15) is 0 Å². The van der Waals surface area contributed by atoms with Crippen LogP contribution in [0.5, 0.6) is 0 Å². The van der Waals surface area contributed by atoms with E-state index in [0.717, 1.165) is 12.8 Å². The number of carbonyl (C=O) groups excluding carboxylic acids is 2. The minimum absolute atomic E-state index is 0.162. The zero-order valence-corrected chi connectivity index (χ0v) is 10.6. The fraction of sp³-hybridized carbons (Fsp3) is 0.833. The van der Waals surface area contributed by atoms with Gasteiger partial charge < -0.3 is 19.1 Å². The SMILES string of the molecule is COC(=O)[C@H]1CCCCN1C(=O)C1COCCO1. The Morgan fingerprint density at radius 3 is 2.78 bits per heavy atom. The Balaban J connectivity index is 2.03. The zero-order chi connectivity index (χ0) is 13.0. The van der Waals surface area contributed by atoms with E-state index in [1.165, 1.54) is 7.11 Å². The van der Waals surface area contributed by atoms with Gasteiger partial charge in [0.2, 0.25) is 0 Å². The van der Waals surface area contributed by atoms with Crippen molar-refractivity contribution in [3.8, 4) is 0 Å². The van der Waals surface area contributed by atoms with Crippen LogP contribution < -0.4 is 0 Å². The van der Waals surface area contributed by atoms with Crippen LogP contribution in [0.1, 0.15) is 19.3 Å². The first-order valence-electron chi connectivity index (χ1n) is 6.31. The van der Waals surface area contributed by atoms with E-state index >= 15 is 0 Å². The second-order valence-corrected chi connectivity index (χ2v) is 4.50. The predicted octanol–water partition coefficient (Wildman–Crippen LogP) is -0.0441. The molecule has 0 bridgehead atoms. The average Bonchev–Trinajstić information content (AvgIpc) is 2.46. The largest absolute Gasteiger partial charge is 0.467 e. The number of methoxy groups -OCH3 is 1. The van der Waals surface area contributed by atoms with Crippen LogP contribution in [0, 0.1) is 0 Å². The Labute approximate surface area is 106 Å². The third kappa shape index (κ3) is 2.81. The van der Waals surface area contributed by atoms with Crippen LogP contribution in [-0.2, 0) is 23.8 Å². The van der Waals surface area contributed by atoms with Crippen LogP contribution in [0.4, 0.5) is 0 Å². The molecule has 1 unspecified atom stereocenters. The lowest BCUT2D eigenvalue weighted by Crippen LogP contribution is -2.54. The van der Waals surface area contributed by atoms with Crippen molar-refractivity contribution in [1.29, 1.82) is 0 Å². The van der Waals surface area contributed by atoms with Crippen LogP contribution in [0.25, 0.3) is 0 Å². The summed E-state index contributed by atoms with van der Waals surface area (Å²) in [7, 11) is 1.35. The lowest BCUT2D eigenvalue weighted by molar-refractivity contribution is -0.168. The minimum atomic E-state index is -0.580. The quantitative estimate of drug-likeness (QED) is 0.649. The van der Waals surface area contributed by atoms with Crippen molar-refractivity contribution in [2.75, 3.05) is 33.5 Å². The molecule has 0 N–H and O–H groups in total. The van der Waals surface area contributed by atoms with Crippen LogP contribution >= 0.6 is 0 Å². The molecule has 0 saturated carbocycles. The number of esters is 1. The molecule has 2 aliphatic heterocycles. The number of rotatable bonds is 2. The van der Waals surface area contributed by atoms with E-state index in [9.17, 15) is 9.59 Å². The van der Waals surface area contributed by atoms with Gasteiger partial charge in [0.05, 0.1) is 26.9 Å². The van der Waals surface area contributed by atoms with Crippen molar-refractivity contribution < 1.29 is 23.8 Å². The lowest BCUT2D eigenvalue weighted by Gasteiger charge is -2.36. The maximum absolute atomic E-state index is 12.3. The van der Waals surface area contributed by atoms with E-state index in [1.54, 1.807) is 4.90 Å². The molecular formula is C12H19NO5. The molecule has 0 aliphatic carbocycles. The van der Waals surface area contributed by atoms with E-state index in [4.69, 9.17) is 14.2 Å². The van der Waals surface area contributed by atoms with Crippen molar-refractivity contribution in [2.45, 2.75) is 31.4 Å². The first-order chi connectivity index (χ1) is 8.74. The first-order valence-corrected chi connectivity index (χ1v) is 6.31. The third-order valence-corrected chi connectivity index (χ3v) is 3.35. The maximum Gasteiger partial charge on any atom is 0.328 e. The molecule has 18 heavy (non-hydrogen) atoms. The van der Waals surface area contributed by atoms with Gasteiger partial charge in [-0.15, -0.1) is 0 Å². The summed E-state index contributed by atoms with van der Waals surface area (Å²) in [6.07, 6.45) is 1.92. The molecule has 6 heteroatoms. The second-order valence-electron chi connectivity index (χ2n) is 4.50. The highest BCUT2D eigenvalue weighted by Gasteiger charge is 2.37.